The van der Waals surface area contributed by atoms with Crippen LogP contribution in [0.3, 0.4) is 0 Å². The Kier molecular flexibility index (Phi) is 5.82. The Hall–Kier alpha value is 0.620. The van der Waals surface area contributed by atoms with E-state index in [1.54, 1.807) is 11.3 Å². The van der Waals surface area contributed by atoms with Crippen LogP contribution in [-0.4, -0.2) is 6.54 Å². The molecule has 0 radical (unpaired) electrons. The van der Waals surface area contributed by atoms with E-state index in [1.165, 1.54) is 8.66 Å². The average molecular weight is 355 g/mol. The van der Waals surface area contributed by atoms with Gasteiger partial charge in [0.2, 0.25) is 0 Å². The molecule has 0 amide bonds. The summed E-state index contributed by atoms with van der Waals surface area (Å²) in [5, 5.41) is 3.49. The van der Waals surface area contributed by atoms with Crippen molar-refractivity contribution >= 4 is 43.2 Å². The van der Waals surface area contributed by atoms with Gasteiger partial charge in [-0.05, 0) is 56.3 Å². The quantitative estimate of drug-likeness (QED) is 0.811. The van der Waals surface area contributed by atoms with Gasteiger partial charge in [-0.3, -0.25) is 0 Å². The van der Waals surface area contributed by atoms with Gasteiger partial charge in [-0.2, -0.15) is 0 Å². The van der Waals surface area contributed by atoms with E-state index in [1.807, 2.05) is 0 Å². The number of nitrogens with one attached hydrogen (secondary N) is 1. The SMILES string of the molecule is CC(C)C(C)CNCc1cc(Br)c(Br)s1. The summed E-state index contributed by atoms with van der Waals surface area (Å²) in [6, 6.07) is 2.17. The van der Waals surface area contributed by atoms with Gasteiger partial charge in [0.25, 0.3) is 0 Å². The molecule has 0 fully saturated rings. The first-order chi connectivity index (χ1) is 7.00. The Bertz CT molecular complexity index is 290. The van der Waals surface area contributed by atoms with E-state index < -0.39 is 0 Å². The van der Waals surface area contributed by atoms with Crippen LogP contribution in [0, 0.1) is 11.8 Å². The smallest absolute Gasteiger partial charge is 0.0843 e. The highest BCUT2D eigenvalue weighted by atomic mass is 79.9. The normalized spacial score (nSPS) is 13.5. The van der Waals surface area contributed by atoms with Crippen molar-refractivity contribution in [3.63, 3.8) is 0 Å². The third-order valence-electron chi connectivity index (χ3n) is 2.60. The highest BCUT2D eigenvalue weighted by molar-refractivity contribution is 9.13. The summed E-state index contributed by atoms with van der Waals surface area (Å²) < 4.78 is 2.33. The van der Waals surface area contributed by atoms with Gasteiger partial charge in [-0.1, -0.05) is 20.8 Å². The van der Waals surface area contributed by atoms with Gasteiger partial charge in [0.1, 0.15) is 0 Å². The van der Waals surface area contributed by atoms with E-state index in [9.17, 15) is 0 Å². The van der Waals surface area contributed by atoms with Crippen LogP contribution in [0.25, 0.3) is 0 Å². The molecule has 0 bridgehead atoms. The summed E-state index contributed by atoms with van der Waals surface area (Å²) in [5.74, 6) is 1.48. The summed E-state index contributed by atoms with van der Waals surface area (Å²) >= 11 is 8.78. The molecular weight excluding hydrogens is 338 g/mol. The number of hydrogen-bond acceptors (Lipinski definition) is 2. The van der Waals surface area contributed by atoms with Crippen LogP contribution < -0.4 is 5.32 Å². The van der Waals surface area contributed by atoms with Gasteiger partial charge in [-0.25, -0.2) is 0 Å². The molecule has 0 aliphatic carbocycles. The summed E-state index contributed by atoms with van der Waals surface area (Å²) in [7, 11) is 0. The van der Waals surface area contributed by atoms with Crippen molar-refractivity contribution in [2.75, 3.05) is 6.54 Å². The van der Waals surface area contributed by atoms with Crippen molar-refractivity contribution in [1.29, 1.82) is 0 Å². The van der Waals surface area contributed by atoms with Gasteiger partial charge in [0.15, 0.2) is 0 Å². The standard InChI is InChI=1S/C11H17Br2NS/c1-7(2)8(3)5-14-6-9-4-10(12)11(13)15-9/h4,7-8,14H,5-6H2,1-3H3. The zero-order valence-electron chi connectivity index (χ0n) is 9.31. The Morgan fingerprint density at radius 1 is 1.33 bits per heavy atom. The van der Waals surface area contributed by atoms with Gasteiger partial charge >= 0.3 is 0 Å². The van der Waals surface area contributed by atoms with Gasteiger partial charge in [0.05, 0.1) is 3.79 Å². The predicted molar refractivity (Wildman–Crippen MR) is 75.4 cm³/mol. The van der Waals surface area contributed by atoms with Crippen molar-refractivity contribution in [3.8, 4) is 0 Å². The molecule has 0 aliphatic heterocycles. The van der Waals surface area contributed by atoms with E-state index in [0.717, 1.165) is 29.4 Å². The fourth-order valence-corrected chi connectivity index (χ4v) is 3.28. The van der Waals surface area contributed by atoms with E-state index in [0.29, 0.717) is 0 Å². The Morgan fingerprint density at radius 2 is 2.00 bits per heavy atom. The summed E-state index contributed by atoms with van der Waals surface area (Å²) in [6.07, 6.45) is 0. The third kappa shape index (κ3) is 4.55. The second-order valence-electron chi connectivity index (χ2n) is 4.19. The predicted octanol–water partition coefficient (Wildman–Crippen LogP) is 4.65. The minimum atomic E-state index is 0.733. The van der Waals surface area contributed by atoms with Crippen molar-refractivity contribution in [2.24, 2.45) is 11.8 Å². The molecular formula is C11H17Br2NS. The molecule has 0 saturated heterocycles. The van der Waals surface area contributed by atoms with Crippen LogP contribution in [0.4, 0.5) is 0 Å². The molecule has 1 N–H and O–H groups in total. The lowest BCUT2D eigenvalue weighted by atomic mass is 9.98. The monoisotopic (exact) mass is 353 g/mol. The molecule has 1 aromatic rings. The lowest BCUT2D eigenvalue weighted by Gasteiger charge is -2.15. The first kappa shape index (κ1) is 13.7. The van der Waals surface area contributed by atoms with Crippen molar-refractivity contribution < 1.29 is 0 Å². The summed E-state index contributed by atoms with van der Waals surface area (Å²) in [4.78, 5) is 1.37. The molecule has 0 aliphatic rings. The molecule has 1 heterocycles. The van der Waals surface area contributed by atoms with E-state index in [2.05, 4.69) is 64.0 Å². The number of hydrogen-bond donors (Lipinski definition) is 1. The van der Waals surface area contributed by atoms with E-state index in [4.69, 9.17) is 0 Å². The number of thiophene rings is 1. The average Bonchev–Trinajstić information content (AvgIpc) is 2.46. The second-order valence-corrected chi connectivity index (χ2v) is 7.50. The minimum Gasteiger partial charge on any atom is -0.312 e. The van der Waals surface area contributed by atoms with Gasteiger partial charge in [-0.15, -0.1) is 11.3 Å². The first-order valence-electron chi connectivity index (χ1n) is 5.15. The van der Waals surface area contributed by atoms with Crippen LogP contribution in [0.15, 0.2) is 14.3 Å². The highest BCUT2D eigenvalue weighted by Crippen LogP contribution is 2.32. The zero-order valence-corrected chi connectivity index (χ0v) is 13.3. The van der Waals surface area contributed by atoms with Crippen molar-refractivity contribution in [3.05, 3.63) is 19.2 Å². The third-order valence-corrected chi connectivity index (χ3v) is 5.86. The van der Waals surface area contributed by atoms with Crippen LogP contribution in [-0.2, 0) is 6.54 Å². The summed E-state index contributed by atoms with van der Waals surface area (Å²) in [5.41, 5.74) is 0. The Labute approximate surface area is 113 Å². The lowest BCUT2D eigenvalue weighted by Crippen LogP contribution is -2.23. The number of halogens is 2. The molecule has 15 heavy (non-hydrogen) atoms. The highest BCUT2D eigenvalue weighted by Gasteiger charge is 2.07. The van der Waals surface area contributed by atoms with Crippen molar-refractivity contribution in [2.45, 2.75) is 27.3 Å². The maximum absolute atomic E-state index is 3.50. The molecule has 1 nitrogen and oxygen atoms in total. The molecule has 0 saturated carbocycles. The van der Waals surface area contributed by atoms with E-state index in [-0.39, 0.29) is 0 Å². The molecule has 1 unspecified atom stereocenters. The molecule has 86 valence electrons. The molecule has 1 aromatic heterocycles. The fraction of sp³-hybridized carbons (Fsp3) is 0.636. The topological polar surface area (TPSA) is 12.0 Å². The van der Waals surface area contributed by atoms with Crippen LogP contribution in [0.2, 0.25) is 0 Å². The molecule has 0 aromatic carbocycles. The number of rotatable bonds is 5. The molecule has 4 heteroatoms. The lowest BCUT2D eigenvalue weighted by molar-refractivity contribution is 0.393. The summed E-state index contributed by atoms with van der Waals surface area (Å²) in [6.45, 7) is 8.88. The largest absolute Gasteiger partial charge is 0.312 e. The zero-order chi connectivity index (χ0) is 11.4. The molecule has 1 atom stereocenters. The maximum atomic E-state index is 3.50. The Balaban J connectivity index is 2.32. The molecule has 1 rings (SSSR count). The van der Waals surface area contributed by atoms with E-state index >= 15 is 0 Å². The van der Waals surface area contributed by atoms with Crippen LogP contribution in [0.5, 0.6) is 0 Å². The minimum absolute atomic E-state index is 0.733. The molecule has 0 spiro atoms. The van der Waals surface area contributed by atoms with Crippen LogP contribution in [0.1, 0.15) is 25.6 Å². The van der Waals surface area contributed by atoms with Crippen molar-refractivity contribution in [1.82, 2.24) is 5.32 Å². The Morgan fingerprint density at radius 3 is 2.47 bits per heavy atom. The second kappa shape index (κ2) is 6.38. The maximum Gasteiger partial charge on any atom is 0.0843 e. The van der Waals surface area contributed by atoms with Gasteiger partial charge < -0.3 is 5.32 Å². The fourth-order valence-electron chi connectivity index (χ4n) is 1.14. The van der Waals surface area contributed by atoms with Crippen LogP contribution >= 0.6 is 43.2 Å². The van der Waals surface area contributed by atoms with Gasteiger partial charge in [0, 0.05) is 15.9 Å². The first-order valence-corrected chi connectivity index (χ1v) is 7.55.